The van der Waals surface area contributed by atoms with Crippen molar-refractivity contribution in [1.29, 1.82) is 0 Å². The number of thioether (sulfide) groups is 1. The molecule has 0 atom stereocenters. The summed E-state index contributed by atoms with van der Waals surface area (Å²) in [4.78, 5) is 11.4. The molecule has 1 rings (SSSR count). The van der Waals surface area contributed by atoms with Crippen molar-refractivity contribution < 1.29 is 9.53 Å². The molecule has 1 amide bonds. The Morgan fingerprint density at radius 1 is 1.39 bits per heavy atom. The lowest BCUT2D eigenvalue weighted by atomic mass is 10.2. The van der Waals surface area contributed by atoms with Crippen molar-refractivity contribution >= 4 is 34.3 Å². The number of nitrogens with one attached hydrogen (secondary N) is 1. The lowest BCUT2D eigenvalue weighted by Crippen LogP contribution is -2.28. The van der Waals surface area contributed by atoms with Gasteiger partial charge in [-0.1, -0.05) is 49.5 Å². The molecule has 0 heterocycles. The number of amides is 1. The molecule has 1 aromatic rings. The number of hydrogen-bond acceptors (Lipinski definition) is 4. The first kappa shape index (κ1) is 15.0. The zero-order valence-electron chi connectivity index (χ0n) is 10.3. The average molecular weight is 283 g/mol. The predicted molar refractivity (Wildman–Crippen MR) is 80.0 cm³/mol. The minimum absolute atomic E-state index is 0.279. The van der Waals surface area contributed by atoms with Gasteiger partial charge in [0.25, 0.3) is 0 Å². The second kappa shape index (κ2) is 8.94. The normalized spacial score (nSPS) is 9.83. The second-order valence-corrected chi connectivity index (χ2v) is 5.58. The number of carbonyl (C=O) groups excluding carboxylic acids is 1. The summed E-state index contributed by atoms with van der Waals surface area (Å²) >= 11 is 6.70. The summed E-state index contributed by atoms with van der Waals surface area (Å²) in [7, 11) is 0. The molecule has 0 saturated carbocycles. The van der Waals surface area contributed by atoms with E-state index in [0.29, 0.717) is 6.54 Å². The fourth-order valence-corrected chi connectivity index (χ4v) is 2.11. The van der Waals surface area contributed by atoms with Gasteiger partial charge < -0.3 is 10.1 Å². The molecule has 0 radical (unpaired) electrons. The molecule has 0 aromatic heterocycles. The van der Waals surface area contributed by atoms with Crippen LogP contribution in [0.1, 0.15) is 18.9 Å². The Kier molecular flexibility index (Phi) is 7.44. The highest BCUT2D eigenvalue weighted by Crippen LogP contribution is 2.05. The summed E-state index contributed by atoms with van der Waals surface area (Å²) in [6.07, 6.45) is 0.641. The van der Waals surface area contributed by atoms with Gasteiger partial charge in [0.15, 0.2) is 0 Å². The summed E-state index contributed by atoms with van der Waals surface area (Å²) in [5.74, 6) is 0.986. The van der Waals surface area contributed by atoms with Crippen molar-refractivity contribution in [1.82, 2.24) is 5.32 Å². The Labute approximate surface area is 117 Å². The number of rotatable bonds is 6. The van der Waals surface area contributed by atoms with Crippen molar-refractivity contribution in [3.63, 3.8) is 0 Å². The summed E-state index contributed by atoms with van der Waals surface area (Å²) in [5, 5.41) is 2.64. The number of thiocarbonyl (C=S) groups is 1. The zero-order valence-corrected chi connectivity index (χ0v) is 12.0. The molecular weight excluding hydrogens is 266 g/mol. The molecule has 0 saturated heterocycles. The first-order chi connectivity index (χ1) is 8.72. The van der Waals surface area contributed by atoms with E-state index in [4.69, 9.17) is 17.0 Å². The Morgan fingerprint density at radius 2 is 2.11 bits per heavy atom. The molecule has 0 aliphatic carbocycles. The minimum Gasteiger partial charge on any atom is -0.445 e. The van der Waals surface area contributed by atoms with Gasteiger partial charge in [0, 0.05) is 0 Å². The molecule has 0 bridgehead atoms. The summed E-state index contributed by atoms with van der Waals surface area (Å²) in [6, 6.07) is 9.57. The molecule has 0 fully saturated rings. The number of hydrogen-bond donors (Lipinski definition) is 1. The molecular formula is C13H17NO2S2. The van der Waals surface area contributed by atoms with Gasteiger partial charge in [-0.25, -0.2) is 4.79 Å². The van der Waals surface area contributed by atoms with Gasteiger partial charge in [-0.05, 0) is 17.7 Å². The van der Waals surface area contributed by atoms with Gasteiger partial charge in [-0.15, -0.1) is 11.8 Å². The zero-order chi connectivity index (χ0) is 13.2. The van der Waals surface area contributed by atoms with Crippen LogP contribution in [0.2, 0.25) is 0 Å². The molecule has 18 heavy (non-hydrogen) atoms. The fraction of sp³-hybridized carbons (Fsp3) is 0.385. The van der Waals surface area contributed by atoms with Crippen LogP contribution in [0.3, 0.4) is 0 Å². The van der Waals surface area contributed by atoms with E-state index >= 15 is 0 Å². The molecule has 98 valence electrons. The minimum atomic E-state index is -0.432. The smallest absolute Gasteiger partial charge is 0.407 e. The number of ether oxygens (including phenoxy) is 1. The van der Waals surface area contributed by atoms with Crippen molar-refractivity contribution in [2.75, 3.05) is 12.3 Å². The maximum atomic E-state index is 11.4. The highest BCUT2D eigenvalue weighted by Gasteiger charge is 2.04. The van der Waals surface area contributed by atoms with E-state index in [2.05, 4.69) is 12.2 Å². The Bertz CT molecular complexity index is 382. The van der Waals surface area contributed by atoms with Crippen LogP contribution in [0, 0.1) is 0 Å². The van der Waals surface area contributed by atoms with Gasteiger partial charge >= 0.3 is 6.09 Å². The van der Waals surface area contributed by atoms with Crippen molar-refractivity contribution in [3.8, 4) is 0 Å². The Morgan fingerprint density at radius 3 is 2.78 bits per heavy atom. The van der Waals surface area contributed by atoms with Crippen molar-refractivity contribution in [2.24, 2.45) is 0 Å². The quantitative estimate of drug-likeness (QED) is 0.812. The van der Waals surface area contributed by atoms with Crippen LogP contribution in [0.25, 0.3) is 0 Å². The third kappa shape index (κ3) is 6.61. The Balaban J connectivity index is 2.16. The number of alkyl carbamates (subject to hydrolysis) is 1. The first-order valence-electron chi connectivity index (χ1n) is 5.82. The first-order valence-corrected chi connectivity index (χ1v) is 7.22. The van der Waals surface area contributed by atoms with Crippen LogP contribution in [0.4, 0.5) is 4.79 Å². The van der Waals surface area contributed by atoms with Gasteiger partial charge in [-0.2, -0.15) is 0 Å². The Hall–Kier alpha value is -1.07. The van der Waals surface area contributed by atoms with Crippen LogP contribution in [0.15, 0.2) is 30.3 Å². The summed E-state index contributed by atoms with van der Waals surface area (Å²) in [5.41, 5.74) is 0.968. The van der Waals surface area contributed by atoms with Crippen LogP contribution in [0.5, 0.6) is 0 Å². The highest BCUT2D eigenvalue weighted by molar-refractivity contribution is 8.23. The molecule has 0 unspecified atom stereocenters. The fourth-order valence-electron chi connectivity index (χ4n) is 1.19. The van der Waals surface area contributed by atoms with Crippen LogP contribution in [-0.4, -0.2) is 22.6 Å². The molecule has 0 aliphatic heterocycles. The van der Waals surface area contributed by atoms with E-state index in [0.717, 1.165) is 21.9 Å². The van der Waals surface area contributed by atoms with E-state index in [-0.39, 0.29) is 6.61 Å². The summed E-state index contributed by atoms with van der Waals surface area (Å²) < 4.78 is 5.85. The van der Waals surface area contributed by atoms with E-state index < -0.39 is 6.09 Å². The predicted octanol–water partition coefficient (Wildman–Crippen LogP) is 3.38. The van der Waals surface area contributed by atoms with Crippen molar-refractivity contribution in [3.05, 3.63) is 35.9 Å². The lowest BCUT2D eigenvalue weighted by Gasteiger charge is -2.07. The topological polar surface area (TPSA) is 38.3 Å². The number of carbonyl (C=O) groups is 1. The van der Waals surface area contributed by atoms with Gasteiger partial charge in [0.1, 0.15) is 6.61 Å². The monoisotopic (exact) mass is 283 g/mol. The van der Waals surface area contributed by atoms with Crippen molar-refractivity contribution in [2.45, 2.75) is 20.0 Å². The third-order valence-corrected chi connectivity index (χ3v) is 3.63. The van der Waals surface area contributed by atoms with Gasteiger partial charge in [0.2, 0.25) is 0 Å². The SMILES string of the molecule is CCCSC(=S)CNC(=O)OCc1ccccc1. The second-order valence-electron chi connectivity index (χ2n) is 3.64. The van der Waals surface area contributed by atoms with E-state index in [9.17, 15) is 4.79 Å². The number of benzene rings is 1. The van der Waals surface area contributed by atoms with E-state index in [1.807, 2.05) is 30.3 Å². The van der Waals surface area contributed by atoms with Crippen LogP contribution < -0.4 is 5.32 Å². The molecule has 1 N–H and O–H groups in total. The van der Waals surface area contributed by atoms with E-state index in [1.54, 1.807) is 11.8 Å². The maximum absolute atomic E-state index is 11.4. The largest absolute Gasteiger partial charge is 0.445 e. The highest BCUT2D eigenvalue weighted by atomic mass is 32.2. The average Bonchev–Trinajstić information content (AvgIpc) is 2.41. The lowest BCUT2D eigenvalue weighted by molar-refractivity contribution is 0.141. The van der Waals surface area contributed by atoms with Gasteiger partial charge in [0.05, 0.1) is 10.7 Å². The van der Waals surface area contributed by atoms with Gasteiger partial charge in [-0.3, -0.25) is 0 Å². The molecule has 3 nitrogen and oxygen atoms in total. The van der Waals surface area contributed by atoms with E-state index in [1.165, 1.54) is 0 Å². The van der Waals surface area contributed by atoms with Crippen LogP contribution in [-0.2, 0) is 11.3 Å². The maximum Gasteiger partial charge on any atom is 0.407 e. The molecule has 0 spiro atoms. The summed E-state index contributed by atoms with van der Waals surface area (Å²) in [6.45, 7) is 2.76. The molecule has 5 heteroatoms. The molecule has 0 aliphatic rings. The standard InChI is InChI=1S/C13H17NO2S2/c1-2-8-18-12(17)9-14-13(15)16-10-11-6-4-3-5-7-11/h3-7H,2,8-10H2,1H3,(H,14,15). The van der Waals surface area contributed by atoms with Crippen LogP contribution >= 0.6 is 24.0 Å². The molecule has 1 aromatic carbocycles. The third-order valence-electron chi connectivity index (χ3n) is 2.06.